The molecule has 4 heteroatoms. The third kappa shape index (κ3) is 1.96. The Kier molecular flexibility index (Phi) is 3.13. The van der Waals surface area contributed by atoms with Gasteiger partial charge in [0.15, 0.2) is 5.89 Å². The van der Waals surface area contributed by atoms with Crippen LogP contribution < -0.4 is 0 Å². The summed E-state index contributed by atoms with van der Waals surface area (Å²) in [5, 5.41) is 8.98. The highest BCUT2D eigenvalue weighted by Gasteiger charge is 2.23. The van der Waals surface area contributed by atoms with E-state index in [4.69, 9.17) is 9.52 Å². The number of thioether (sulfide) groups is 1. The molecule has 1 aromatic rings. The van der Waals surface area contributed by atoms with Crippen molar-refractivity contribution in [3.63, 3.8) is 0 Å². The summed E-state index contributed by atoms with van der Waals surface area (Å²) < 4.78 is 5.44. The van der Waals surface area contributed by atoms with E-state index in [0.717, 1.165) is 23.8 Å². The predicted octanol–water partition coefficient (Wildman–Crippen LogP) is 1.99. The Morgan fingerprint density at radius 1 is 1.79 bits per heavy atom. The van der Waals surface area contributed by atoms with E-state index in [-0.39, 0.29) is 12.5 Å². The number of aliphatic hydroxyl groups is 1. The summed E-state index contributed by atoms with van der Waals surface area (Å²) in [4.78, 5) is 4.42. The first-order chi connectivity index (χ1) is 6.81. The maximum absolute atomic E-state index is 8.98. The minimum Gasteiger partial charge on any atom is -0.448 e. The van der Waals surface area contributed by atoms with E-state index in [9.17, 15) is 0 Å². The van der Waals surface area contributed by atoms with Gasteiger partial charge in [0.1, 0.15) is 6.26 Å². The molecule has 78 valence electrons. The van der Waals surface area contributed by atoms with Crippen LogP contribution in [0.1, 0.15) is 36.8 Å². The van der Waals surface area contributed by atoms with Crippen molar-refractivity contribution < 1.29 is 9.52 Å². The average molecular weight is 213 g/mol. The van der Waals surface area contributed by atoms with Gasteiger partial charge in [-0.25, -0.2) is 4.98 Å². The van der Waals surface area contributed by atoms with Crippen LogP contribution in [0.4, 0.5) is 0 Å². The molecule has 0 radical (unpaired) electrons. The molecule has 1 aliphatic rings. The lowest BCUT2D eigenvalue weighted by molar-refractivity contribution is 0.271. The number of hydrogen-bond donors (Lipinski definition) is 1. The molecule has 1 fully saturated rings. The van der Waals surface area contributed by atoms with Gasteiger partial charge in [-0.05, 0) is 12.2 Å². The molecule has 1 aromatic heterocycles. The van der Waals surface area contributed by atoms with Gasteiger partial charge >= 0.3 is 0 Å². The zero-order chi connectivity index (χ0) is 9.97. The molecule has 0 bridgehead atoms. The van der Waals surface area contributed by atoms with Crippen molar-refractivity contribution in [2.45, 2.75) is 25.2 Å². The van der Waals surface area contributed by atoms with Crippen LogP contribution in [0, 0.1) is 0 Å². The Hall–Kier alpha value is -0.480. The van der Waals surface area contributed by atoms with Gasteiger partial charge in [0.2, 0.25) is 0 Å². The molecule has 0 aromatic carbocycles. The highest BCUT2D eigenvalue weighted by molar-refractivity contribution is 7.99. The molecule has 14 heavy (non-hydrogen) atoms. The van der Waals surface area contributed by atoms with E-state index in [1.807, 2.05) is 18.7 Å². The van der Waals surface area contributed by atoms with Crippen molar-refractivity contribution >= 4 is 11.8 Å². The van der Waals surface area contributed by atoms with Crippen molar-refractivity contribution in [1.29, 1.82) is 0 Å². The molecule has 3 nitrogen and oxygen atoms in total. The first kappa shape index (κ1) is 10.1. The Balaban J connectivity index is 2.08. The Morgan fingerprint density at radius 2 is 2.64 bits per heavy atom. The van der Waals surface area contributed by atoms with E-state index in [1.54, 1.807) is 6.26 Å². The molecule has 1 N–H and O–H groups in total. The lowest BCUT2D eigenvalue weighted by Gasteiger charge is -2.02. The third-order valence-corrected chi connectivity index (χ3v) is 3.76. The summed E-state index contributed by atoms with van der Waals surface area (Å²) in [6.45, 7) is 2.08. The van der Waals surface area contributed by atoms with Gasteiger partial charge in [-0.2, -0.15) is 11.8 Å². The number of hydrogen-bond acceptors (Lipinski definition) is 4. The van der Waals surface area contributed by atoms with E-state index >= 15 is 0 Å². The zero-order valence-electron chi connectivity index (χ0n) is 8.27. The van der Waals surface area contributed by atoms with Crippen LogP contribution in [0.2, 0.25) is 0 Å². The summed E-state index contributed by atoms with van der Waals surface area (Å²) in [6.07, 6.45) is 2.84. The summed E-state index contributed by atoms with van der Waals surface area (Å²) >= 11 is 1.95. The van der Waals surface area contributed by atoms with Crippen molar-refractivity contribution in [3.8, 4) is 0 Å². The molecule has 2 rings (SSSR count). The minimum absolute atomic E-state index is 0.0848. The standard InChI is InChI=1S/C10H15NO2S/c1-7(4-12)9-5-13-10(11-9)8-2-3-14-6-8/h5,7-8,12H,2-4,6H2,1H3. The van der Waals surface area contributed by atoms with Crippen LogP contribution in [0.3, 0.4) is 0 Å². The maximum Gasteiger partial charge on any atom is 0.198 e. The molecular weight excluding hydrogens is 198 g/mol. The molecule has 1 saturated heterocycles. The number of aliphatic hydroxyl groups excluding tert-OH is 1. The SMILES string of the molecule is CC(CO)c1coc(C2CCSC2)n1. The molecular formula is C10H15NO2S. The molecule has 0 amide bonds. The Bertz CT molecular complexity index is 294. The lowest BCUT2D eigenvalue weighted by Crippen LogP contribution is -2.01. The summed E-state index contributed by atoms with van der Waals surface area (Å²) in [7, 11) is 0. The third-order valence-electron chi connectivity index (χ3n) is 2.60. The van der Waals surface area contributed by atoms with Gasteiger partial charge in [0.25, 0.3) is 0 Å². The highest BCUT2D eigenvalue weighted by atomic mass is 32.2. The van der Waals surface area contributed by atoms with Gasteiger partial charge in [0, 0.05) is 17.6 Å². The predicted molar refractivity (Wildman–Crippen MR) is 56.7 cm³/mol. The number of oxazole rings is 1. The second kappa shape index (κ2) is 4.36. The van der Waals surface area contributed by atoms with Gasteiger partial charge in [0.05, 0.1) is 12.3 Å². The normalized spacial score (nSPS) is 24.0. The van der Waals surface area contributed by atoms with Crippen LogP contribution >= 0.6 is 11.8 Å². The van der Waals surface area contributed by atoms with E-state index in [1.165, 1.54) is 5.75 Å². The highest BCUT2D eigenvalue weighted by Crippen LogP contribution is 2.32. The number of aromatic nitrogens is 1. The topological polar surface area (TPSA) is 46.3 Å². The van der Waals surface area contributed by atoms with Crippen LogP contribution in [0.25, 0.3) is 0 Å². The quantitative estimate of drug-likeness (QED) is 0.834. The van der Waals surface area contributed by atoms with Gasteiger partial charge in [-0.1, -0.05) is 6.92 Å². The lowest BCUT2D eigenvalue weighted by atomic mass is 10.1. The number of nitrogens with zero attached hydrogens (tertiary/aromatic N) is 1. The molecule has 0 aliphatic carbocycles. The maximum atomic E-state index is 8.98. The van der Waals surface area contributed by atoms with Crippen LogP contribution in [-0.4, -0.2) is 28.2 Å². The summed E-state index contributed by atoms with van der Waals surface area (Å²) in [5.74, 6) is 3.75. The second-order valence-electron chi connectivity index (χ2n) is 3.75. The number of rotatable bonds is 3. The van der Waals surface area contributed by atoms with Gasteiger partial charge < -0.3 is 9.52 Å². The molecule has 2 atom stereocenters. The first-order valence-corrected chi connectivity index (χ1v) is 6.10. The molecule has 2 heterocycles. The monoisotopic (exact) mass is 213 g/mol. The van der Waals surface area contributed by atoms with Crippen LogP contribution in [-0.2, 0) is 0 Å². The minimum atomic E-state index is 0.0848. The molecule has 2 unspecified atom stereocenters. The fraction of sp³-hybridized carbons (Fsp3) is 0.700. The van der Waals surface area contributed by atoms with E-state index in [2.05, 4.69) is 4.98 Å². The first-order valence-electron chi connectivity index (χ1n) is 4.95. The van der Waals surface area contributed by atoms with Gasteiger partial charge in [-0.15, -0.1) is 0 Å². The molecule has 0 saturated carbocycles. The van der Waals surface area contributed by atoms with E-state index < -0.39 is 0 Å². The van der Waals surface area contributed by atoms with Crippen LogP contribution in [0.15, 0.2) is 10.7 Å². The smallest absolute Gasteiger partial charge is 0.198 e. The summed E-state index contributed by atoms with van der Waals surface area (Å²) in [5.41, 5.74) is 0.874. The summed E-state index contributed by atoms with van der Waals surface area (Å²) in [6, 6.07) is 0. The molecule has 0 spiro atoms. The van der Waals surface area contributed by atoms with E-state index in [0.29, 0.717) is 5.92 Å². The Labute approximate surface area is 87.9 Å². The second-order valence-corrected chi connectivity index (χ2v) is 4.90. The molecule has 1 aliphatic heterocycles. The van der Waals surface area contributed by atoms with Crippen molar-refractivity contribution in [3.05, 3.63) is 17.8 Å². The van der Waals surface area contributed by atoms with Crippen molar-refractivity contribution in [2.75, 3.05) is 18.1 Å². The largest absolute Gasteiger partial charge is 0.448 e. The van der Waals surface area contributed by atoms with Crippen LogP contribution in [0.5, 0.6) is 0 Å². The Morgan fingerprint density at radius 3 is 3.29 bits per heavy atom. The van der Waals surface area contributed by atoms with Crippen molar-refractivity contribution in [1.82, 2.24) is 4.98 Å². The van der Waals surface area contributed by atoms with Gasteiger partial charge in [-0.3, -0.25) is 0 Å². The fourth-order valence-corrected chi connectivity index (χ4v) is 2.75. The zero-order valence-corrected chi connectivity index (χ0v) is 9.09. The fourth-order valence-electron chi connectivity index (χ4n) is 1.54. The van der Waals surface area contributed by atoms with Crippen molar-refractivity contribution in [2.24, 2.45) is 0 Å². The average Bonchev–Trinajstić information content (AvgIpc) is 2.86.